The maximum Gasteiger partial charge on any atom is 0.242 e. The van der Waals surface area contributed by atoms with Gasteiger partial charge in [-0.1, -0.05) is 44.2 Å². The summed E-state index contributed by atoms with van der Waals surface area (Å²) in [4.78, 5) is 14.9. The van der Waals surface area contributed by atoms with Crippen LogP contribution in [0.25, 0.3) is 0 Å². The highest BCUT2D eigenvalue weighted by molar-refractivity contribution is 7.71. The number of hydrogen-bond acceptors (Lipinski definition) is 4. The van der Waals surface area contributed by atoms with Crippen LogP contribution in [0.5, 0.6) is 0 Å². The largest absolute Gasteiger partial charge is 0.353 e. The van der Waals surface area contributed by atoms with Crippen molar-refractivity contribution in [2.24, 2.45) is 0 Å². The molecule has 0 saturated heterocycles. The highest BCUT2D eigenvalue weighted by atomic mass is 32.1. The maximum atomic E-state index is 12.8. The molecule has 1 amide bonds. The number of aromatic nitrogens is 3. The Kier molecular flexibility index (Phi) is 6.69. The van der Waals surface area contributed by atoms with Crippen LogP contribution < -0.4 is 5.32 Å². The van der Waals surface area contributed by atoms with Gasteiger partial charge in [-0.15, -0.1) is 0 Å². The van der Waals surface area contributed by atoms with Gasteiger partial charge in [0.15, 0.2) is 4.77 Å². The summed E-state index contributed by atoms with van der Waals surface area (Å²) in [6, 6.07) is 9.61. The van der Waals surface area contributed by atoms with Crippen LogP contribution in [0.1, 0.15) is 31.3 Å². The molecule has 1 heterocycles. The van der Waals surface area contributed by atoms with Gasteiger partial charge in [0, 0.05) is 13.1 Å². The average Bonchev–Trinajstić information content (AvgIpc) is 2.92. The van der Waals surface area contributed by atoms with Gasteiger partial charge in [-0.05, 0) is 37.8 Å². The van der Waals surface area contributed by atoms with E-state index < -0.39 is 0 Å². The number of rotatable bonds is 8. The zero-order chi connectivity index (χ0) is 17.5. The van der Waals surface area contributed by atoms with Crippen LogP contribution in [0.15, 0.2) is 30.3 Å². The molecule has 1 aromatic heterocycles. The molecule has 0 aliphatic rings. The third-order valence-electron chi connectivity index (χ3n) is 4.12. The van der Waals surface area contributed by atoms with Gasteiger partial charge in [0.05, 0.1) is 0 Å². The summed E-state index contributed by atoms with van der Waals surface area (Å²) >= 11 is 5.18. The molecule has 2 rings (SSSR count). The van der Waals surface area contributed by atoms with E-state index in [1.807, 2.05) is 41.8 Å². The van der Waals surface area contributed by atoms with Crippen molar-refractivity contribution in [3.8, 4) is 0 Å². The zero-order valence-corrected chi connectivity index (χ0v) is 15.3. The second kappa shape index (κ2) is 8.75. The van der Waals surface area contributed by atoms with Crippen molar-refractivity contribution < 1.29 is 4.79 Å². The van der Waals surface area contributed by atoms with Crippen LogP contribution in [-0.4, -0.2) is 45.2 Å². The number of carbonyl (C=O) groups is 1. The first-order valence-electron chi connectivity index (χ1n) is 8.27. The van der Waals surface area contributed by atoms with E-state index >= 15 is 0 Å². The molecule has 0 aliphatic heterocycles. The van der Waals surface area contributed by atoms with E-state index in [-0.39, 0.29) is 11.9 Å². The molecule has 130 valence electrons. The molecule has 2 aromatic rings. The minimum absolute atomic E-state index is 0.0116. The second-order valence-electron chi connectivity index (χ2n) is 5.55. The molecular weight excluding hydrogens is 322 g/mol. The Morgan fingerprint density at radius 3 is 2.54 bits per heavy atom. The van der Waals surface area contributed by atoms with Crippen LogP contribution >= 0.6 is 12.2 Å². The van der Waals surface area contributed by atoms with Crippen molar-refractivity contribution in [3.63, 3.8) is 0 Å². The standard InChI is InChI=1S/C17H25N5OS/c1-4-21(5-2)15(14-9-7-6-8-10-14)16(23)18-11-12-22-13(3)19-20-17(22)24/h6-10,15H,4-5,11-12H2,1-3H3,(H,18,23)(H,20,24)/t15-/m1/s1. The van der Waals surface area contributed by atoms with Gasteiger partial charge in [-0.25, -0.2) is 0 Å². The van der Waals surface area contributed by atoms with Crippen molar-refractivity contribution in [1.82, 2.24) is 25.0 Å². The summed E-state index contributed by atoms with van der Waals surface area (Å²) in [6.45, 7) is 8.77. The summed E-state index contributed by atoms with van der Waals surface area (Å²) in [5.41, 5.74) is 1.01. The van der Waals surface area contributed by atoms with Crippen LogP contribution in [0, 0.1) is 11.7 Å². The third kappa shape index (κ3) is 4.30. The Bertz CT molecular complexity index is 705. The predicted octanol–water partition coefficient (Wildman–Crippen LogP) is 2.45. The number of aromatic amines is 1. The van der Waals surface area contributed by atoms with E-state index in [0.717, 1.165) is 24.5 Å². The van der Waals surface area contributed by atoms with Crippen molar-refractivity contribution in [2.45, 2.75) is 33.4 Å². The number of carbonyl (C=O) groups excluding carboxylic acids is 1. The van der Waals surface area contributed by atoms with Gasteiger partial charge in [0.2, 0.25) is 5.91 Å². The zero-order valence-electron chi connectivity index (χ0n) is 14.5. The molecule has 0 spiro atoms. The lowest BCUT2D eigenvalue weighted by molar-refractivity contribution is -0.126. The number of benzene rings is 1. The van der Waals surface area contributed by atoms with Crippen LogP contribution in [0.2, 0.25) is 0 Å². The fourth-order valence-electron chi connectivity index (χ4n) is 2.80. The fraction of sp³-hybridized carbons (Fsp3) is 0.471. The highest BCUT2D eigenvalue weighted by Crippen LogP contribution is 2.20. The van der Waals surface area contributed by atoms with E-state index in [1.54, 1.807) is 0 Å². The molecule has 0 saturated carbocycles. The Labute approximate surface area is 147 Å². The molecule has 0 radical (unpaired) electrons. The van der Waals surface area contributed by atoms with Crippen LogP contribution in [0.4, 0.5) is 0 Å². The predicted molar refractivity (Wildman–Crippen MR) is 97.3 cm³/mol. The van der Waals surface area contributed by atoms with Crippen LogP contribution in [0.3, 0.4) is 0 Å². The topological polar surface area (TPSA) is 66.0 Å². The van der Waals surface area contributed by atoms with Crippen molar-refractivity contribution in [3.05, 3.63) is 46.5 Å². The first-order chi connectivity index (χ1) is 11.6. The van der Waals surface area contributed by atoms with E-state index in [4.69, 9.17) is 12.2 Å². The summed E-state index contributed by atoms with van der Waals surface area (Å²) < 4.78 is 2.45. The monoisotopic (exact) mass is 347 g/mol. The Morgan fingerprint density at radius 1 is 1.33 bits per heavy atom. The number of aryl methyl sites for hydroxylation is 1. The fourth-order valence-corrected chi connectivity index (χ4v) is 3.07. The molecule has 1 aromatic carbocycles. The summed E-state index contributed by atoms with van der Waals surface area (Å²) in [5, 5.41) is 9.86. The lowest BCUT2D eigenvalue weighted by atomic mass is 10.0. The smallest absolute Gasteiger partial charge is 0.242 e. The van der Waals surface area contributed by atoms with E-state index in [1.165, 1.54) is 0 Å². The minimum Gasteiger partial charge on any atom is -0.353 e. The normalized spacial score (nSPS) is 12.3. The van der Waals surface area contributed by atoms with Crippen LogP contribution in [-0.2, 0) is 11.3 Å². The molecule has 2 N–H and O–H groups in total. The quantitative estimate of drug-likeness (QED) is 0.720. The minimum atomic E-state index is -0.278. The lowest BCUT2D eigenvalue weighted by Crippen LogP contribution is -2.41. The molecule has 7 heteroatoms. The van der Waals surface area contributed by atoms with Gasteiger partial charge in [0.25, 0.3) is 0 Å². The molecule has 0 fully saturated rings. The van der Waals surface area contributed by atoms with Gasteiger partial charge in [-0.2, -0.15) is 5.10 Å². The number of nitrogens with one attached hydrogen (secondary N) is 2. The SMILES string of the molecule is CCN(CC)[C@@H](C(=O)NCCn1c(C)n[nH]c1=S)c1ccccc1. The molecule has 0 unspecified atom stereocenters. The molecule has 0 bridgehead atoms. The van der Waals surface area contributed by atoms with E-state index in [9.17, 15) is 4.79 Å². The van der Waals surface area contributed by atoms with Gasteiger partial charge in [-0.3, -0.25) is 14.8 Å². The summed E-state index contributed by atoms with van der Waals surface area (Å²) in [7, 11) is 0. The molecule has 1 atom stereocenters. The third-order valence-corrected chi connectivity index (χ3v) is 4.44. The maximum absolute atomic E-state index is 12.8. The number of hydrogen-bond donors (Lipinski definition) is 2. The number of likely N-dealkylation sites (N-methyl/N-ethyl adjacent to an activating group) is 1. The Balaban J connectivity index is 2.06. The van der Waals surface area contributed by atoms with Crippen molar-refractivity contribution in [2.75, 3.05) is 19.6 Å². The first-order valence-corrected chi connectivity index (χ1v) is 8.67. The molecule has 6 nitrogen and oxygen atoms in total. The Hall–Kier alpha value is -1.99. The summed E-state index contributed by atoms with van der Waals surface area (Å²) in [6.07, 6.45) is 0. The lowest BCUT2D eigenvalue weighted by Gasteiger charge is -2.29. The molecule has 0 aliphatic carbocycles. The van der Waals surface area contributed by atoms with Gasteiger partial charge >= 0.3 is 0 Å². The first kappa shape index (κ1) is 18.4. The van der Waals surface area contributed by atoms with Crippen molar-refractivity contribution >= 4 is 18.1 Å². The van der Waals surface area contributed by atoms with Crippen molar-refractivity contribution in [1.29, 1.82) is 0 Å². The van der Waals surface area contributed by atoms with Gasteiger partial charge in [0.1, 0.15) is 11.9 Å². The molecular formula is C17H25N5OS. The van der Waals surface area contributed by atoms with E-state index in [0.29, 0.717) is 17.9 Å². The number of amides is 1. The summed E-state index contributed by atoms with van der Waals surface area (Å²) in [5.74, 6) is 0.829. The number of H-pyrrole nitrogens is 1. The second-order valence-corrected chi connectivity index (χ2v) is 5.94. The Morgan fingerprint density at radius 2 is 2.00 bits per heavy atom. The molecule has 24 heavy (non-hydrogen) atoms. The van der Waals surface area contributed by atoms with E-state index in [2.05, 4.69) is 34.3 Å². The average molecular weight is 347 g/mol. The number of nitrogens with zero attached hydrogens (tertiary/aromatic N) is 3. The highest BCUT2D eigenvalue weighted by Gasteiger charge is 2.25. The van der Waals surface area contributed by atoms with Gasteiger partial charge < -0.3 is 9.88 Å².